The molecule has 9 heteroatoms. The highest BCUT2D eigenvalue weighted by atomic mass is 19.2. The van der Waals surface area contributed by atoms with Gasteiger partial charge in [0.2, 0.25) is 6.79 Å². The Labute approximate surface area is 151 Å². The van der Waals surface area contributed by atoms with E-state index in [1.54, 1.807) is 24.3 Å². The SMILES string of the molecule is O=C(Nc1ccc(Nc2ccc3c(c2)OCO3)nn1)c1ccc(F)c(F)c1. The van der Waals surface area contributed by atoms with Gasteiger partial charge in [-0.2, -0.15) is 0 Å². The number of anilines is 3. The van der Waals surface area contributed by atoms with Crippen LogP contribution in [0.5, 0.6) is 11.5 Å². The number of carbonyl (C=O) groups excluding carboxylic acids is 1. The zero-order valence-electron chi connectivity index (χ0n) is 13.7. The summed E-state index contributed by atoms with van der Waals surface area (Å²) in [6.45, 7) is 0.185. The fourth-order valence-electron chi connectivity index (χ4n) is 2.41. The van der Waals surface area contributed by atoms with Gasteiger partial charge in [0.1, 0.15) is 0 Å². The molecular formula is C18H12F2N4O3. The van der Waals surface area contributed by atoms with Crippen LogP contribution in [-0.4, -0.2) is 22.9 Å². The van der Waals surface area contributed by atoms with E-state index >= 15 is 0 Å². The normalized spacial score (nSPS) is 11.9. The van der Waals surface area contributed by atoms with Gasteiger partial charge in [-0.15, -0.1) is 10.2 Å². The van der Waals surface area contributed by atoms with Crippen molar-refractivity contribution in [1.29, 1.82) is 0 Å². The Morgan fingerprint density at radius 3 is 2.44 bits per heavy atom. The molecule has 27 heavy (non-hydrogen) atoms. The first-order chi connectivity index (χ1) is 13.1. The number of amides is 1. The Kier molecular flexibility index (Phi) is 4.25. The second-order valence-electron chi connectivity index (χ2n) is 5.58. The predicted octanol–water partition coefficient (Wildman–Crippen LogP) is 3.48. The van der Waals surface area contributed by atoms with Crippen molar-refractivity contribution in [2.24, 2.45) is 0 Å². The lowest BCUT2D eigenvalue weighted by atomic mass is 10.2. The van der Waals surface area contributed by atoms with Crippen LogP contribution in [0.15, 0.2) is 48.5 Å². The molecule has 0 bridgehead atoms. The number of fused-ring (bicyclic) bond motifs is 1. The lowest BCUT2D eigenvalue weighted by Gasteiger charge is -2.07. The molecule has 0 saturated carbocycles. The fourth-order valence-corrected chi connectivity index (χ4v) is 2.41. The molecule has 0 atom stereocenters. The zero-order valence-corrected chi connectivity index (χ0v) is 13.7. The number of nitrogens with one attached hydrogen (secondary N) is 2. The topological polar surface area (TPSA) is 85.4 Å². The molecule has 1 amide bonds. The third-order valence-corrected chi connectivity index (χ3v) is 3.73. The van der Waals surface area contributed by atoms with E-state index in [0.29, 0.717) is 17.3 Å². The van der Waals surface area contributed by atoms with E-state index in [4.69, 9.17) is 9.47 Å². The average molecular weight is 370 g/mol. The van der Waals surface area contributed by atoms with Crippen molar-refractivity contribution in [1.82, 2.24) is 10.2 Å². The number of hydrogen-bond donors (Lipinski definition) is 2. The van der Waals surface area contributed by atoms with Gasteiger partial charge in [0, 0.05) is 17.3 Å². The lowest BCUT2D eigenvalue weighted by molar-refractivity contribution is 0.102. The van der Waals surface area contributed by atoms with Gasteiger partial charge in [-0.1, -0.05) is 0 Å². The monoisotopic (exact) mass is 370 g/mol. The van der Waals surface area contributed by atoms with Crippen LogP contribution in [0.1, 0.15) is 10.4 Å². The first-order valence-electron chi connectivity index (χ1n) is 7.85. The van der Waals surface area contributed by atoms with Crippen LogP contribution in [0.2, 0.25) is 0 Å². The number of benzene rings is 2. The summed E-state index contributed by atoms with van der Waals surface area (Å²) in [7, 11) is 0. The highest BCUT2D eigenvalue weighted by Crippen LogP contribution is 2.34. The molecular weight excluding hydrogens is 358 g/mol. The van der Waals surface area contributed by atoms with E-state index in [9.17, 15) is 13.6 Å². The minimum atomic E-state index is -1.10. The number of rotatable bonds is 4. The van der Waals surface area contributed by atoms with Crippen LogP contribution in [0, 0.1) is 11.6 Å². The van der Waals surface area contributed by atoms with Gasteiger partial charge < -0.3 is 20.1 Å². The molecule has 0 spiro atoms. The summed E-state index contributed by atoms with van der Waals surface area (Å²) in [6, 6.07) is 11.3. The molecule has 1 aliphatic heterocycles. The van der Waals surface area contributed by atoms with E-state index in [-0.39, 0.29) is 18.2 Å². The standard InChI is InChI=1S/C18H12F2N4O3/c19-12-3-1-10(7-13(12)20)18(25)22-17-6-5-16(23-24-17)21-11-2-4-14-15(8-11)27-9-26-14/h1-8H,9H2,(H,21,23)(H,22,24,25). The highest BCUT2D eigenvalue weighted by Gasteiger charge is 2.14. The number of aromatic nitrogens is 2. The second kappa shape index (κ2) is 6.87. The first kappa shape index (κ1) is 16.7. The number of halogens is 2. The van der Waals surface area contributed by atoms with Crippen LogP contribution in [0.4, 0.5) is 26.1 Å². The summed E-state index contributed by atoms with van der Waals surface area (Å²) in [5.41, 5.74) is 0.699. The molecule has 2 heterocycles. The maximum atomic E-state index is 13.2. The molecule has 1 aliphatic rings. The Bertz CT molecular complexity index is 1010. The van der Waals surface area contributed by atoms with E-state index in [2.05, 4.69) is 20.8 Å². The van der Waals surface area contributed by atoms with Gasteiger partial charge in [-0.25, -0.2) is 8.78 Å². The van der Waals surface area contributed by atoms with E-state index in [1.165, 1.54) is 12.1 Å². The van der Waals surface area contributed by atoms with E-state index in [0.717, 1.165) is 17.8 Å². The van der Waals surface area contributed by atoms with Crippen molar-refractivity contribution in [2.45, 2.75) is 0 Å². The lowest BCUT2D eigenvalue weighted by Crippen LogP contribution is -2.14. The summed E-state index contributed by atoms with van der Waals surface area (Å²) < 4.78 is 36.7. The quantitative estimate of drug-likeness (QED) is 0.731. The van der Waals surface area contributed by atoms with Crippen LogP contribution in [-0.2, 0) is 0 Å². The summed E-state index contributed by atoms with van der Waals surface area (Å²) in [5.74, 6) is -0.840. The maximum absolute atomic E-state index is 13.2. The van der Waals surface area contributed by atoms with Crippen LogP contribution < -0.4 is 20.1 Å². The molecule has 0 saturated heterocycles. The van der Waals surface area contributed by atoms with Crippen LogP contribution in [0.25, 0.3) is 0 Å². The molecule has 1 aromatic heterocycles. The highest BCUT2D eigenvalue weighted by molar-refractivity contribution is 6.03. The maximum Gasteiger partial charge on any atom is 0.256 e. The molecule has 2 aromatic carbocycles. The third-order valence-electron chi connectivity index (χ3n) is 3.73. The van der Waals surface area contributed by atoms with Crippen molar-refractivity contribution in [2.75, 3.05) is 17.4 Å². The average Bonchev–Trinajstić information content (AvgIpc) is 3.13. The van der Waals surface area contributed by atoms with E-state index in [1.807, 2.05) is 0 Å². The molecule has 0 radical (unpaired) electrons. The van der Waals surface area contributed by atoms with Crippen molar-refractivity contribution in [3.63, 3.8) is 0 Å². The van der Waals surface area contributed by atoms with Gasteiger partial charge in [0.15, 0.2) is 34.8 Å². The summed E-state index contributed by atoms with van der Waals surface area (Å²) in [5, 5.41) is 13.4. The third kappa shape index (κ3) is 3.61. The number of ether oxygens (including phenoxy) is 2. The van der Waals surface area contributed by atoms with Crippen LogP contribution in [0.3, 0.4) is 0 Å². The summed E-state index contributed by atoms with van der Waals surface area (Å²) >= 11 is 0. The summed E-state index contributed by atoms with van der Waals surface area (Å²) in [4.78, 5) is 12.1. The molecule has 0 fully saturated rings. The predicted molar refractivity (Wildman–Crippen MR) is 92.2 cm³/mol. The Hall–Kier alpha value is -3.75. The molecule has 0 unspecified atom stereocenters. The smallest absolute Gasteiger partial charge is 0.256 e. The van der Waals surface area contributed by atoms with Crippen molar-refractivity contribution in [3.05, 3.63) is 65.7 Å². The largest absolute Gasteiger partial charge is 0.454 e. The van der Waals surface area contributed by atoms with Gasteiger partial charge >= 0.3 is 0 Å². The van der Waals surface area contributed by atoms with E-state index < -0.39 is 17.5 Å². The van der Waals surface area contributed by atoms with Crippen molar-refractivity contribution >= 4 is 23.2 Å². The van der Waals surface area contributed by atoms with Gasteiger partial charge in [0.25, 0.3) is 5.91 Å². The molecule has 2 N–H and O–H groups in total. The number of carbonyl (C=O) groups is 1. The zero-order chi connectivity index (χ0) is 18.8. The van der Waals surface area contributed by atoms with Gasteiger partial charge in [0.05, 0.1) is 0 Å². The Morgan fingerprint density at radius 1 is 0.889 bits per heavy atom. The molecule has 7 nitrogen and oxygen atoms in total. The second-order valence-corrected chi connectivity index (χ2v) is 5.58. The van der Waals surface area contributed by atoms with Gasteiger partial charge in [-0.05, 0) is 42.5 Å². The Morgan fingerprint density at radius 2 is 1.67 bits per heavy atom. The minimum Gasteiger partial charge on any atom is -0.454 e. The van der Waals surface area contributed by atoms with Crippen molar-refractivity contribution in [3.8, 4) is 11.5 Å². The first-order valence-corrected chi connectivity index (χ1v) is 7.85. The van der Waals surface area contributed by atoms with Gasteiger partial charge in [-0.3, -0.25) is 4.79 Å². The number of nitrogens with zero attached hydrogens (tertiary/aromatic N) is 2. The van der Waals surface area contributed by atoms with Crippen molar-refractivity contribution < 1.29 is 23.0 Å². The van der Waals surface area contributed by atoms with Crippen LogP contribution >= 0.6 is 0 Å². The molecule has 4 rings (SSSR count). The number of hydrogen-bond acceptors (Lipinski definition) is 6. The Balaban J connectivity index is 1.42. The molecule has 136 valence electrons. The summed E-state index contributed by atoms with van der Waals surface area (Å²) in [6.07, 6.45) is 0. The molecule has 0 aliphatic carbocycles. The fraction of sp³-hybridized carbons (Fsp3) is 0.0556. The minimum absolute atomic E-state index is 0.0294. The molecule has 3 aromatic rings.